The van der Waals surface area contributed by atoms with Crippen LogP contribution in [0.4, 0.5) is 5.69 Å². The van der Waals surface area contributed by atoms with Crippen LogP contribution < -0.4 is 10.1 Å². The summed E-state index contributed by atoms with van der Waals surface area (Å²) in [5, 5.41) is 4.05. The Balaban J connectivity index is 1.72. The number of benzene rings is 2. The molecule has 0 radical (unpaired) electrons. The number of thiazole rings is 1. The van der Waals surface area contributed by atoms with Crippen LogP contribution in [-0.2, 0) is 0 Å². The summed E-state index contributed by atoms with van der Waals surface area (Å²) in [6.07, 6.45) is 1.65. The lowest BCUT2D eigenvalue weighted by Gasteiger charge is -2.11. The van der Waals surface area contributed by atoms with Gasteiger partial charge in [-0.1, -0.05) is 23.7 Å². The van der Waals surface area contributed by atoms with Gasteiger partial charge >= 0.3 is 0 Å². The third-order valence-electron chi connectivity index (χ3n) is 3.96. The molecule has 27 heavy (non-hydrogen) atoms. The summed E-state index contributed by atoms with van der Waals surface area (Å²) in [6, 6.07) is 16.3. The molecular formula is C20H14ClN3O2S. The number of carbonyl (C=O) groups is 1. The van der Waals surface area contributed by atoms with E-state index >= 15 is 0 Å². The summed E-state index contributed by atoms with van der Waals surface area (Å²) in [7, 11) is 1.54. The highest BCUT2D eigenvalue weighted by Gasteiger charge is 2.18. The highest BCUT2D eigenvalue weighted by Crippen LogP contribution is 2.32. The molecule has 0 saturated heterocycles. The molecule has 0 bridgehead atoms. The number of carbonyl (C=O) groups excluding carboxylic acids is 1. The molecule has 0 atom stereocenters. The SMILES string of the molecule is COc1ccc(Cl)cc1NC(=O)c1cccnc1-c1nc2ccccc2s1. The maximum atomic E-state index is 12.9. The molecule has 2 aromatic carbocycles. The summed E-state index contributed by atoms with van der Waals surface area (Å²) < 4.78 is 6.34. The molecule has 2 heterocycles. The molecular weight excluding hydrogens is 382 g/mol. The number of nitrogens with zero attached hydrogens (tertiary/aromatic N) is 2. The standard InChI is InChI=1S/C20H14ClN3O2S/c1-26-16-9-8-12(21)11-15(16)23-19(25)13-5-4-10-22-18(13)20-24-14-6-2-3-7-17(14)27-20/h2-11H,1H3,(H,23,25). The van der Waals surface area contributed by atoms with Crippen LogP contribution in [-0.4, -0.2) is 23.0 Å². The van der Waals surface area contributed by atoms with Crippen LogP contribution in [0.15, 0.2) is 60.8 Å². The van der Waals surface area contributed by atoms with Gasteiger partial charge in [0.15, 0.2) is 0 Å². The Morgan fingerprint density at radius 2 is 2.00 bits per heavy atom. The Bertz CT molecular complexity index is 1110. The Hall–Kier alpha value is -2.96. The molecule has 0 saturated carbocycles. The van der Waals surface area contributed by atoms with Crippen molar-refractivity contribution in [1.82, 2.24) is 9.97 Å². The van der Waals surface area contributed by atoms with E-state index in [1.807, 2.05) is 24.3 Å². The van der Waals surface area contributed by atoms with Crippen molar-refractivity contribution >= 4 is 44.7 Å². The molecule has 4 aromatic rings. The molecule has 0 spiro atoms. The fourth-order valence-corrected chi connectivity index (χ4v) is 3.85. The normalized spacial score (nSPS) is 10.7. The van der Waals surface area contributed by atoms with Gasteiger partial charge < -0.3 is 10.1 Å². The maximum Gasteiger partial charge on any atom is 0.258 e. The van der Waals surface area contributed by atoms with Crippen molar-refractivity contribution in [2.24, 2.45) is 0 Å². The second-order valence-corrected chi connectivity index (χ2v) is 7.15. The van der Waals surface area contributed by atoms with E-state index in [9.17, 15) is 4.79 Å². The lowest BCUT2D eigenvalue weighted by atomic mass is 10.1. The molecule has 1 amide bonds. The van der Waals surface area contributed by atoms with Crippen molar-refractivity contribution in [1.29, 1.82) is 0 Å². The van der Waals surface area contributed by atoms with Crippen LogP contribution in [0, 0.1) is 0 Å². The lowest BCUT2D eigenvalue weighted by Crippen LogP contribution is -2.14. The van der Waals surface area contributed by atoms with Crippen LogP contribution in [0.2, 0.25) is 5.02 Å². The maximum absolute atomic E-state index is 12.9. The average molecular weight is 396 g/mol. The number of aromatic nitrogens is 2. The number of pyridine rings is 1. The van der Waals surface area contributed by atoms with Crippen LogP contribution >= 0.6 is 22.9 Å². The first-order chi connectivity index (χ1) is 13.2. The largest absolute Gasteiger partial charge is 0.495 e. The van der Waals surface area contributed by atoms with Crippen LogP contribution in [0.3, 0.4) is 0 Å². The molecule has 2 aromatic heterocycles. The van der Waals surface area contributed by atoms with E-state index in [1.54, 1.807) is 36.5 Å². The van der Waals surface area contributed by atoms with Crippen LogP contribution in [0.25, 0.3) is 20.9 Å². The molecule has 4 rings (SSSR count). The van der Waals surface area contributed by atoms with Gasteiger partial charge in [-0.15, -0.1) is 11.3 Å². The van der Waals surface area contributed by atoms with Crippen LogP contribution in [0.5, 0.6) is 5.75 Å². The summed E-state index contributed by atoms with van der Waals surface area (Å²) in [5.41, 5.74) is 2.34. The average Bonchev–Trinajstić information content (AvgIpc) is 3.12. The van der Waals surface area contributed by atoms with E-state index < -0.39 is 0 Å². The first-order valence-corrected chi connectivity index (χ1v) is 9.31. The third kappa shape index (κ3) is 3.49. The van der Waals surface area contributed by atoms with Crippen molar-refractivity contribution in [2.45, 2.75) is 0 Å². The number of methoxy groups -OCH3 is 1. The zero-order valence-electron chi connectivity index (χ0n) is 14.3. The van der Waals surface area contributed by atoms with Gasteiger partial charge in [0.25, 0.3) is 5.91 Å². The second-order valence-electron chi connectivity index (χ2n) is 5.69. The first-order valence-electron chi connectivity index (χ1n) is 8.11. The fourth-order valence-electron chi connectivity index (χ4n) is 2.70. The van der Waals surface area contributed by atoms with E-state index in [1.165, 1.54) is 18.4 Å². The van der Waals surface area contributed by atoms with Gasteiger partial charge in [0.2, 0.25) is 0 Å². The molecule has 0 unspecified atom stereocenters. The van der Waals surface area contributed by atoms with Crippen molar-refractivity contribution in [2.75, 3.05) is 12.4 Å². The number of anilines is 1. The topological polar surface area (TPSA) is 64.1 Å². The minimum atomic E-state index is -0.307. The molecule has 0 fully saturated rings. The third-order valence-corrected chi connectivity index (χ3v) is 5.24. The van der Waals surface area contributed by atoms with Gasteiger partial charge in [0, 0.05) is 11.2 Å². The number of hydrogen-bond acceptors (Lipinski definition) is 5. The van der Waals surface area contributed by atoms with Gasteiger partial charge in [0.05, 0.1) is 28.6 Å². The number of para-hydroxylation sites is 1. The Kier molecular flexibility index (Phi) is 4.75. The van der Waals surface area contributed by atoms with E-state index in [0.717, 1.165) is 10.2 Å². The Labute approximate surface area is 164 Å². The highest BCUT2D eigenvalue weighted by atomic mass is 35.5. The van der Waals surface area contributed by atoms with Crippen LogP contribution in [0.1, 0.15) is 10.4 Å². The van der Waals surface area contributed by atoms with E-state index in [4.69, 9.17) is 16.3 Å². The van der Waals surface area contributed by atoms with E-state index in [-0.39, 0.29) is 5.91 Å². The van der Waals surface area contributed by atoms with Gasteiger partial charge in [-0.05, 0) is 42.5 Å². The Morgan fingerprint density at radius 1 is 1.15 bits per heavy atom. The molecule has 7 heteroatoms. The summed E-state index contributed by atoms with van der Waals surface area (Å²) in [4.78, 5) is 21.9. The quantitative estimate of drug-likeness (QED) is 0.511. The number of amides is 1. The monoisotopic (exact) mass is 395 g/mol. The molecule has 0 aliphatic rings. The molecule has 0 aliphatic heterocycles. The predicted molar refractivity (Wildman–Crippen MR) is 109 cm³/mol. The van der Waals surface area contributed by atoms with Gasteiger partial charge in [-0.2, -0.15) is 0 Å². The molecule has 0 aliphatic carbocycles. The van der Waals surface area contributed by atoms with Gasteiger partial charge in [-0.3, -0.25) is 9.78 Å². The number of fused-ring (bicyclic) bond motifs is 1. The van der Waals surface area contributed by atoms with Gasteiger partial charge in [0.1, 0.15) is 16.5 Å². The summed E-state index contributed by atoms with van der Waals surface area (Å²) in [6.45, 7) is 0. The number of nitrogens with one attached hydrogen (secondary N) is 1. The smallest absolute Gasteiger partial charge is 0.258 e. The van der Waals surface area contributed by atoms with E-state index in [2.05, 4.69) is 15.3 Å². The lowest BCUT2D eigenvalue weighted by molar-refractivity contribution is 0.102. The predicted octanol–water partition coefficient (Wildman–Crippen LogP) is 5.27. The molecule has 1 N–H and O–H groups in total. The Morgan fingerprint density at radius 3 is 2.81 bits per heavy atom. The number of hydrogen-bond donors (Lipinski definition) is 1. The highest BCUT2D eigenvalue weighted by molar-refractivity contribution is 7.21. The summed E-state index contributed by atoms with van der Waals surface area (Å²) >= 11 is 7.55. The number of halogens is 1. The fraction of sp³-hybridized carbons (Fsp3) is 0.0500. The zero-order chi connectivity index (χ0) is 18.8. The number of rotatable bonds is 4. The van der Waals surface area contributed by atoms with Crippen molar-refractivity contribution in [3.63, 3.8) is 0 Å². The zero-order valence-corrected chi connectivity index (χ0v) is 15.8. The van der Waals surface area contributed by atoms with E-state index in [0.29, 0.717) is 32.7 Å². The minimum Gasteiger partial charge on any atom is -0.495 e. The number of ether oxygens (including phenoxy) is 1. The van der Waals surface area contributed by atoms with Gasteiger partial charge in [-0.25, -0.2) is 4.98 Å². The first kappa shape index (κ1) is 17.5. The minimum absolute atomic E-state index is 0.307. The molecule has 5 nitrogen and oxygen atoms in total. The molecule has 134 valence electrons. The van der Waals surface area contributed by atoms with Crippen molar-refractivity contribution < 1.29 is 9.53 Å². The van der Waals surface area contributed by atoms with Crippen molar-refractivity contribution in [3.05, 3.63) is 71.4 Å². The summed E-state index contributed by atoms with van der Waals surface area (Å²) in [5.74, 6) is 0.219. The van der Waals surface area contributed by atoms with Crippen molar-refractivity contribution in [3.8, 4) is 16.5 Å². The second kappa shape index (κ2) is 7.34.